The van der Waals surface area contributed by atoms with E-state index in [1.54, 1.807) is 44.2 Å². The molecule has 2 atom stereocenters. The number of aliphatic carboxylic acids is 1. The zero-order valence-corrected chi connectivity index (χ0v) is 18.2. The number of nitrogens with one attached hydrogen (secondary N) is 1. The molecule has 1 aromatic rings. The van der Waals surface area contributed by atoms with Gasteiger partial charge in [0.15, 0.2) is 6.61 Å². The first kappa shape index (κ1) is 23.4. The van der Waals surface area contributed by atoms with Crippen LogP contribution in [0.3, 0.4) is 0 Å². The van der Waals surface area contributed by atoms with Crippen molar-refractivity contribution >= 4 is 35.6 Å². The first-order valence-corrected chi connectivity index (χ1v) is 10.7. The monoisotopic (exact) mass is 465 g/mol. The largest absolute Gasteiger partial charge is 0.484 e. The molecule has 1 aromatic carbocycles. The first-order valence-electron chi connectivity index (χ1n) is 9.65. The van der Waals surface area contributed by atoms with Gasteiger partial charge in [-0.15, -0.1) is 11.8 Å². The smallest absolute Gasteiger partial charge is 0.404 e. The molecule has 1 saturated heterocycles. The molecule has 2 aliphatic rings. The highest BCUT2D eigenvalue weighted by molar-refractivity contribution is 8.00. The Kier molecular flexibility index (Phi) is 6.94. The predicted molar refractivity (Wildman–Crippen MR) is 112 cm³/mol. The summed E-state index contributed by atoms with van der Waals surface area (Å²) in [6.07, 6.45) is -1.51. The number of hydrogen-bond donors (Lipinski definition) is 3. The van der Waals surface area contributed by atoms with Crippen molar-refractivity contribution < 1.29 is 38.5 Å². The molecule has 172 valence electrons. The van der Waals surface area contributed by atoms with Gasteiger partial charge >= 0.3 is 12.1 Å². The van der Waals surface area contributed by atoms with Crippen LogP contribution in [0.1, 0.15) is 13.8 Å². The zero-order chi connectivity index (χ0) is 23.5. The van der Waals surface area contributed by atoms with Crippen molar-refractivity contribution in [2.45, 2.75) is 31.1 Å². The average Bonchev–Trinajstić information content (AvgIpc) is 2.75. The summed E-state index contributed by atoms with van der Waals surface area (Å²) in [5, 5.41) is 11.4. The standard InChI is InChI=1S/C20H23N3O8S/c1-11(2)31-20(22-14(24)9-29-13-6-4-3-5-7-13)17(27)23-15(16(25)26)12(8-30-19(21)28)10-32-18(20)23/h3-7,11,18H,8-10H2,1-2H3,(H2,21,28)(H,22,24)(H,25,26)/t18-,20?/m0/s1. The van der Waals surface area contributed by atoms with Gasteiger partial charge in [-0.2, -0.15) is 0 Å². The zero-order valence-electron chi connectivity index (χ0n) is 17.4. The second-order valence-electron chi connectivity index (χ2n) is 7.26. The van der Waals surface area contributed by atoms with E-state index in [9.17, 15) is 24.3 Å². The summed E-state index contributed by atoms with van der Waals surface area (Å²) in [7, 11) is 0. The lowest BCUT2D eigenvalue weighted by Crippen LogP contribution is -2.81. The van der Waals surface area contributed by atoms with Gasteiger partial charge in [0.25, 0.3) is 17.5 Å². The minimum Gasteiger partial charge on any atom is -0.484 e. The Labute approximate surface area is 187 Å². The van der Waals surface area contributed by atoms with Crippen molar-refractivity contribution in [1.29, 1.82) is 0 Å². The Morgan fingerprint density at radius 2 is 2.00 bits per heavy atom. The summed E-state index contributed by atoms with van der Waals surface area (Å²) < 4.78 is 16.0. The maximum atomic E-state index is 13.2. The van der Waals surface area contributed by atoms with Gasteiger partial charge in [-0.25, -0.2) is 9.59 Å². The Hall–Kier alpha value is -3.25. The molecule has 0 radical (unpaired) electrons. The van der Waals surface area contributed by atoms with Gasteiger partial charge in [0, 0.05) is 11.3 Å². The molecule has 0 bridgehead atoms. The van der Waals surface area contributed by atoms with Crippen molar-refractivity contribution in [3.8, 4) is 5.75 Å². The average molecular weight is 465 g/mol. The molecule has 11 nitrogen and oxygen atoms in total. The van der Waals surface area contributed by atoms with Crippen LogP contribution in [-0.4, -0.2) is 70.1 Å². The summed E-state index contributed by atoms with van der Waals surface area (Å²) in [4.78, 5) is 49.6. The summed E-state index contributed by atoms with van der Waals surface area (Å²) in [5.41, 5.74) is 3.09. The van der Waals surface area contributed by atoms with Crippen molar-refractivity contribution in [3.05, 3.63) is 41.6 Å². The fourth-order valence-corrected chi connectivity index (χ4v) is 4.77. The third kappa shape index (κ3) is 4.65. The molecular weight excluding hydrogens is 442 g/mol. The molecule has 2 heterocycles. The molecule has 1 fully saturated rings. The van der Waals surface area contributed by atoms with Gasteiger partial charge in [0.1, 0.15) is 23.4 Å². The number of carbonyl (C=O) groups excluding carboxylic acids is 3. The number of para-hydroxylation sites is 1. The van der Waals surface area contributed by atoms with Crippen LogP contribution in [0.25, 0.3) is 0 Å². The fraction of sp³-hybridized carbons (Fsp3) is 0.400. The topological polar surface area (TPSA) is 157 Å². The molecule has 2 aliphatic heterocycles. The molecule has 4 N–H and O–H groups in total. The van der Waals surface area contributed by atoms with Crippen LogP contribution in [-0.2, 0) is 23.9 Å². The number of hydrogen-bond acceptors (Lipinski definition) is 8. The number of ether oxygens (including phenoxy) is 3. The van der Waals surface area contributed by atoms with Crippen molar-refractivity contribution in [2.24, 2.45) is 5.73 Å². The molecule has 3 amide bonds. The quantitative estimate of drug-likeness (QED) is 0.352. The van der Waals surface area contributed by atoms with E-state index in [4.69, 9.17) is 19.9 Å². The molecule has 0 aromatic heterocycles. The van der Waals surface area contributed by atoms with E-state index in [0.29, 0.717) is 5.75 Å². The Balaban J connectivity index is 1.80. The van der Waals surface area contributed by atoms with Crippen LogP contribution in [0.4, 0.5) is 4.79 Å². The van der Waals surface area contributed by atoms with E-state index >= 15 is 0 Å². The van der Waals surface area contributed by atoms with Crippen molar-refractivity contribution in [2.75, 3.05) is 19.0 Å². The summed E-state index contributed by atoms with van der Waals surface area (Å²) >= 11 is 1.17. The van der Waals surface area contributed by atoms with E-state index in [0.717, 1.165) is 4.90 Å². The molecule has 0 spiro atoms. The summed E-state index contributed by atoms with van der Waals surface area (Å²) in [6, 6.07) is 8.67. The third-order valence-corrected chi connectivity index (χ3v) is 5.93. The Morgan fingerprint density at radius 1 is 1.31 bits per heavy atom. The number of thioether (sulfide) groups is 1. The minimum atomic E-state index is -1.76. The van der Waals surface area contributed by atoms with Crippen molar-refractivity contribution in [3.63, 3.8) is 0 Å². The Bertz CT molecular complexity index is 951. The van der Waals surface area contributed by atoms with E-state index in [2.05, 4.69) is 5.32 Å². The third-order valence-electron chi connectivity index (χ3n) is 4.56. The van der Waals surface area contributed by atoms with Gasteiger partial charge in [0.2, 0.25) is 0 Å². The Morgan fingerprint density at radius 3 is 2.59 bits per heavy atom. The highest BCUT2D eigenvalue weighted by atomic mass is 32.2. The normalized spacial score (nSPS) is 22.2. The van der Waals surface area contributed by atoms with Gasteiger partial charge in [-0.1, -0.05) is 18.2 Å². The van der Waals surface area contributed by atoms with Crippen LogP contribution in [0.5, 0.6) is 5.75 Å². The van der Waals surface area contributed by atoms with Crippen molar-refractivity contribution in [1.82, 2.24) is 10.2 Å². The molecule has 12 heteroatoms. The van der Waals surface area contributed by atoms with Gasteiger partial charge < -0.3 is 30.4 Å². The highest BCUT2D eigenvalue weighted by Crippen LogP contribution is 2.47. The second kappa shape index (κ2) is 9.49. The fourth-order valence-electron chi connectivity index (χ4n) is 3.39. The second-order valence-corrected chi connectivity index (χ2v) is 8.32. The van der Waals surface area contributed by atoms with Crippen LogP contribution in [0.15, 0.2) is 41.6 Å². The van der Waals surface area contributed by atoms with Crippen LogP contribution >= 0.6 is 11.8 Å². The maximum Gasteiger partial charge on any atom is 0.404 e. The van der Waals surface area contributed by atoms with Gasteiger partial charge in [0.05, 0.1) is 6.10 Å². The first-order chi connectivity index (χ1) is 15.2. The summed E-state index contributed by atoms with van der Waals surface area (Å²) in [5.74, 6) is -2.12. The number of amides is 3. The highest BCUT2D eigenvalue weighted by Gasteiger charge is 2.67. The molecule has 3 rings (SSSR count). The number of nitrogens with two attached hydrogens (primary N) is 1. The maximum absolute atomic E-state index is 13.2. The number of carboxylic acids is 1. The summed E-state index contributed by atoms with van der Waals surface area (Å²) in [6.45, 7) is 2.66. The minimum absolute atomic E-state index is 0.128. The molecule has 0 aliphatic carbocycles. The van der Waals surface area contributed by atoms with Crippen LogP contribution < -0.4 is 15.8 Å². The molecule has 32 heavy (non-hydrogen) atoms. The number of rotatable bonds is 9. The molecule has 0 saturated carbocycles. The van der Waals surface area contributed by atoms with Gasteiger partial charge in [-0.05, 0) is 26.0 Å². The molecular formula is C20H23N3O8S. The number of β-lactam (4-membered cyclic amide) rings is 1. The number of carbonyl (C=O) groups is 4. The van der Waals surface area contributed by atoms with E-state index in [1.165, 1.54) is 11.8 Å². The van der Waals surface area contributed by atoms with E-state index < -0.39 is 41.1 Å². The van der Waals surface area contributed by atoms with Crippen LogP contribution in [0, 0.1) is 0 Å². The number of fused-ring (bicyclic) bond motifs is 1. The number of primary amides is 1. The molecule has 1 unspecified atom stereocenters. The number of nitrogens with zero attached hydrogens (tertiary/aromatic N) is 1. The SMILES string of the molecule is CC(C)OC1(NC(=O)COc2ccccc2)C(=O)N2C(C(=O)O)=C(COC(N)=O)CS[C@H]21. The van der Waals surface area contributed by atoms with E-state index in [1.807, 2.05) is 0 Å². The number of benzene rings is 1. The lowest BCUT2D eigenvalue weighted by atomic mass is 9.97. The van der Waals surface area contributed by atoms with Gasteiger partial charge in [-0.3, -0.25) is 14.5 Å². The number of carboxylic acid groups (broad SMARTS) is 1. The lowest BCUT2D eigenvalue weighted by molar-refractivity contribution is -0.206. The lowest BCUT2D eigenvalue weighted by Gasteiger charge is -2.56. The predicted octanol–water partition coefficient (Wildman–Crippen LogP) is 0.652. The van der Waals surface area contributed by atoms with E-state index in [-0.39, 0.29) is 30.2 Å². The van der Waals surface area contributed by atoms with Crippen LogP contribution in [0.2, 0.25) is 0 Å².